The Morgan fingerprint density at radius 2 is 1.88 bits per heavy atom. The molecular formula is C18H20N3O3. The Morgan fingerprint density at radius 3 is 2.50 bits per heavy atom. The number of nitrogens with zero attached hydrogens (tertiary/aromatic N) is 2. The average molecular weight is 326 g/mol. The number of aliphatic hydroxyl groups is 1. The molecule has 24 heavy (non-hydrogen) atoms. The van der Waals surface area contributed by atoms with Crippen molar-refractivity contribution in [1.29, 1.82) is 0 Å². The molecule has 1 aromatic carbocycles. The summed E-state index contributed by atoms with van der Waals surface area (Å²) in [5, 5.41) is 10.0. The number of pyridine rings is 1. The maximum Gasteiger partial charge on any atom is 0.321 e. The van der Waals surface area contributed by atoms with Gasteiger partial charge in [-0.25, -0.2) is 4.79 Å². The number of amides is 3. The minimum absolute atomic E-state index is 0.0709. The minimum atomic E-state index is -1.39. The number of hydrogen-bond donors (Lipinski definition) is 2. The summed E-state index contributed by atoms with van der Waals surface area (Å²) >= 11 is 0. The van der Waals surface area contributed by atoms with Crippen LogP contribution in [0.3, 0.4) is 0 Å². The Morgan fingerprint density at radius 1 is 1.17 bits per heavy atom. The van der Waals surface area contributed by atoms with Gasteiger partial charge in [0.05, 0.1) is 0 Å². The van der Waals surface area contributed by atoms with Gasteiger partial charge in [0.1, 0.15) is 6.10 Å². The van der Waals surface area contributed by atoms with Crippen molar-refractivity contribution >= 4 is 11.9 Å². The lowest BCUT2D eigenvalue weighted by atomic mass is 10.1. The van der Waals surface area contributed by atoms with E-state index in [2.05, 4.69) is 4.98 Å². The predicted octanol–water partition coefficient (Wildman–Crippen LogP) is 1.34. The van der Waals surface area contributed by atoms with Crippen LogP contribution in [0.15, 0.2) is 54.7 Å². The quantitative estimate of drug-likeness (QED) is 0.802. The molecule has 1 atom stereocenters. The molecule has 0 spiro atoms. The van der Waals surface area contributed by atoms with Crippen LogP contribution in [-0.4, -0.2) is 39.6 Å². The van der Waals surface area contributed by atoms with Crippen LogP contribution >= 0.6 is 0 Å². The van der Waals surface area contributed by atoms with Gasteiger partial charge in [0.2, 0.25) is 0 Å². The number of aromatic nitrogens is 1. The number of carbonyl (C=O) groups is 2. The molecule has 6 nitrogen and oxygen atoms in total. The van der Waals surface area contributed by atoms with E-state index in [1.807, 2.05) is 36.4 Å². The van der Waals surface area contributed by atoms with Crippen LogP contribution < -0.4 is 5.73 Å². The van der Waals surface area contributed by atoms with Crippen molar-refractivity contribution < 1.29 is 14.7 Å². The van der Waals surface area contributed by atoms with Gasteiger partial charge in [0, 0.05) is 31.3 Å². The van der Waals surface area contributed by atoms with Gasteiger partial charge in [0.15, 0.2) is 0 Å². The van der Waals surface area contributed by atoms with E-state index in [0.717, 1.165) is 16.2 Å². The van der Waals surface area contributed by atoms with Crippen LogP contribution in [0.2, 0.25) is 0 Å². The van der Waals surface area contributed by atoms with Crippen LogP contribution in [0.4, 0.5) is 4.79 Å². The smallest absolute Gasteiger partial charge is 0.321 e. The van der Waals surface area contributed by atoms with Gasteiger partial charge in [-0.3, -0.25) is 14.7 Å². The first-order valence-corrected chi connectivity index (χ1v) is 7.64. The maximum absolute atomic E-state index is 12.3. The number of carbonyl (C=O) groups excluding carboxylic acids is 2. The molecule has 0 saturated heterocycles. The van der Waals surface area contributed by atoms with Gasteiger partial charge in [-0.1, -0.05) is 36.4 Å². The highest BCUT2D eigenvalue weighted by molar-refractivity contribution is 5.96. The number of rotatable bonds is 7. The van der Waals surface area contributed by atoms with Crippen molar-refractivity contribution in [2.75, 3.05) is 6.54 Å². The Kier molecular flexibility index (Phi) is 6.45. The number of hydrogen-bond acceptors (Lipinski definition) is 4. The summed E-state index contributed by atoms with van der Waals surface area (Å²) in [7, 11) is 0. The lowest BCUT2D eigenvalue weighted by Gasteiger charge is -2.21. The summed E-state index contributed by atoms with van der Waals surface area (Å²) in [6.45, 7) is 0.0709. The van der Waals surface area contributed by atoms with Crippen LogP contribution in [0.5, 0.6) is 0 Å². The SMILES string of the molecule is NC(=O)N(CCc1ccccn1)C(=O)[C@@H](O)[CH]Cc1ccccc1. The fraction of sp³-hybridized carbons (Fsp3) is 0.222. The Hall–Kier alpha value is -2.73. The average Bonchev–Trinajstić information content (AvgIpc) is 2.61. The van der Waals surface area contributed by atoms with Gasteiger partial charge in [-0.2, -0.15) is 0 Å². The second-order valence-electron chi connectivity index (χ2n) is 5.27. The molecular weight excluding hydrogens is 306 g/mol. The molecule has 6 heteroatoms. The summed E-state index contributed by atoms with van der Waals surface area (Å²) in [5.41, 5.74) is 6.96. The molecule has 0 fully saturated rings. The van der Waals surface area contributed by atoms with E-state index in [-0.39, 0.29) is 6.54 Å². The minimum Gasteiger partial charge on any atom is -0.383 e. The highest BCUT2D eigenvalue weighted by atomic mass is 16.3. The summed E-state index contributed by atoms with van der Waals surface area (Å²) in [6.07, 6.45) is 2.49. The van der Waals surface area contributed by atoms with E-state index < -0.39 is 18.0 Å². The van der Waals surface area contributed by atoms with Crippen LogP contribution in [0, 0.1) is 6.42 Å². The number of urea groups is 1. The van der Waals surface area contributed by atoms with Gasteiger partial charge in [0.25, 0.3) is 5.91 Å². The first-order valence-electron chi connectivity index (χ1n) is 7.64. The first-order chi connectivity index (χ1) is 11.6. The molecule has 1 aromatic heterocycles. The summed E-state index contributed by atoms with van der Waals surface area (Å²) in [5.74, 6) is -0.727. The summed E-state index contributed by atoms with van der Waals surface area (Å²) in [4.78, 5) is 28.8. The Bertz CT molecular complexity index is 662. The van der Waals surface area contributed by atoms with Crippen molar-refractivity contribution in [3.05, 3.63) is 72.4 Å². The van der Waals surface area contributed by atoms with Crippen molar-refractivity contribution in [3.63, 3.8) is 0 Å². The molecule has 3 N–H and O–H groups in total. The largest absolute Gasteiger partial charge is 0.383 e. The van der Waals surface area contributed by atoms with E-state index in [0.29, 0.717) is 12.8 Å². The fourth-order valence-corrected chi connectivity index (χ4v) is 2.22. The maximum atomic E-state index is 12.3. The van der Waals surface area contributed by atoms with E-state index in [4.69, 9.17) is 5.73 Å². The van der Waals surface area contributed by atoms with Crippen molar-refractivity contribution in [3.8, 4) is 0 Å². The zero-order valence-corrected chi connectivity index (χ0v) is 13.2. The van der Waals surface area contributed by atoms with Crippen molar-refractivity contribution in [2.24, 2.45) is 5.73 Å². The van der Waals surface area contributed by atoms with Crippen LogP contribution in [0.1, 0.15) is 11.3 Å². The molecule has 0 saturated carbocycles. The van der Waals surface area contributed by atoms with E-state index in [1.165, 1.54) is 6.42 Å². The van der Waals surface area contributed by atoms with Gasteiger partial charge in [-0.15, -0.1) is 0 Å². The van der Waals surface area contributed by atoms with Gasteiger partial charge in [-0.05, 0) is 24.1 Å². The third kappa shape index (κ3) is 5.17. The molecule has 3 amide bonds. The topological polar surface area (TPSA) is 96.5 Å². The number of benzene rings is 1. The molecule has 1 radical (unpaired) electrons. The van der Waals surface area contributed by atoms with E-state index in [9.17, 15) is 14.7 Å². The van der Waals surface area contributed by atoms with Crippen molar-refractivity contribution in [2.45, 2.75) is 18.9 Å². The number of nitrogens with two attached hydrogens (primary N) is 1. The molecule has 0 bridgehead atoms. The second-order valence-corrected chi connectivity index (χ2v) is 5.27. The van der Waals surface area contributed by atoms with Gasteiger partial charge < -0.3 is 10.8 Å². The lowest BCUT2D eigenvalue weighted by molar-refractivity contribution is -0.135. The lowest BCUT2D eigenvalue weighted by Crippen LogP contribution is -2.47. The summed E-state index contributed by atoms with van der Waals surface area (Å²) in [6, 6.07) is 13.9. The predicted molar refractivity (Wildman–Crippen MR) is 89.7 cm³/mol. The normalized spacial score (nSPS) is 11.7. The molecule has 2 rings (SSSR count). The molecule has 1 heterocycles. The third-order valence-electron chi connectivity index (χ3n) is 3.52. The van der Waals surface area contributed by atoms with Crippen LogP contribution in [-0.2, 0) is 17.6 Å². The highest BCUT2D eigenvalue weighted by Gasteiger charge is 2.25. The third-order valence-corrected chi connectivity index (χ3v) is 3.52. The highest BCUT2D eigenvalue weighted by Crippen LogP contribution is 2.07. The monoisotopic (exact) mass is 326 g/mol. The Balaban J connectivity index is 1.91. The number of aliphatic hydroxyl groups excluding tert-OH is 1. The number of primary amides is 1. The van der Waals surface area contributed by atoms with E-state index in [1.54, 1.807) is 18.3 Å². The molecule has 0 unspecified atom stereocenters. The Labute approximate surface area is 140 Å². The van der Waals surface area contributed by atoms with E-state index >= 15 is 0 Å². The molecule has 0 aliphatic heterocycles. The molecule has 125 valence electrons. The molecule has 0 aliphatic rings. The second kappa shape index (κ2) is 8.79. The number of imide groups is 1. The zero-order valence-electron chi connectivity index (χ0n) is 13.2. The summed E-state index contributed by atoms with van der Waals surface area (Å²) < 4.78 is 0. The standard InChI is InChI=1S/C18H20N3O3/c19-18(24)21(13-11-15-8-4-5-12-20-15)17(23)16(22)10-9-14-6-2-1-3-7-14/h1-8,10,12,16,22H,9,11,13H2,(H2,19,24)/t16-/m0/s1. The molecule has 2 aromatic rings. The fourth-order valence-electron chi connectivity index (χ4n) is 2.22. The zero-order chi connectivity index (χ0) is 17.4. The van der Waals surface area contributed by atoms with Gasteiger partial charge >= 0.3 is 6.03 Å². The molecule has 0 aliphatic carbocycles. The first kappa shape index (κ1) is 17.6. The van der Waals surface area contributed by atoms with Crippen molar-refractivity contribution in [1.82, 2.24) is 9.88 Å². The van der Waals surface area contributed by atoms with Crippen LogP contribution in [0.25, 0.3) is 0 Å².